The lowest BCUT2D eigenvalue weighted by atomic mass is 9.80. The Morgan fingerprint density at radius 2 is 2.21 bits per heavy atom. The third-order valence-corrected chi connectivity index (χ3v) is 5.37. The van der Waals surface area contributed by atoms with E-state index in [0.29, 0.717) is 11.5 Å². The Labute approximate surface area is 169 Å². The predicted octanol–water partition coefficient (Wildman–Crippen LogP) is 5.36. The van der Waals surface area contributed by atoms with Gasteiger partial charge >= 0.3 is 0 Å². The van der Waals surface area contributed by atoms with Gasteiger partial charge in [-0.1, -0.05) is 38.3 Å². The largest absolute Gasteiger partial charge is 0.422 e. The van der Waals surface area contributed by atoms with Gasteiger partial charge in [0.05, 0.1) is 11.1 Å². The molecule has 1 saturated carbocycles. The maximum absolute atomic E-state index is 10.8. The monoisotopic (exact) mass is 395 g/mol. The molecular formula is C21H25N5O3. The zero-order chi connectivity index (χ0) is 20.6. The molecule has 1 aliphatic carbocycles. The minimum absolute atomic E-state index is 0.0110. The second-order valence-electron chi connectivity index (χ2n) is 7.42. The molecule has 0 bridgehead atoms. The summed E-state index contributed by atoms with van der Waals surface area (Å²) in [5.41, 5.74) is 3.43. The van der Waals surface area contributed by atoms with Crippen molar-refractivity contribution in [1.82, 2.24) is 4.98 Å². The number of oxazole rings is 1. The van der Waals surface area contributed by atoms with E-state index >= 15 is 0 Å². The number of benzene rings is 1. The molecule has 0 amide bonds. The second kappa shape index (κ2) is 9.82. The van der Waals surface area contributed by atoms with Gasteiger partial charge in [-0.05, 0) is 31.6 Å². The number of non-ortho nitro benzene ring substituents is 1. The Balaban J connectivity index is 1.63. The number of nitriles is 1. The summed E-state index contributed by atoms with van der Waals surface area (Å²) in [6.45, 7) is 2.22. The molecule has 0 radical (unpaired) electrons. The molecule has 152 valence electrons. The van der Waals surface area contributed by atoms with Crippen molar-refractivity contribution in [3.8, 4) is 6.07 Å². The fraction of sp³-hybridized carbons (Fsp3) is 0.476. The zero-order valence-corrected chi connectivity index (χ0v) is 16.5. The second-order valence-corrected chi connectivity index (χ2v) is 7.42. The van der Waals surface area contributed by atoms with Gasteiger partial charge in [0, 0.05) is 23.6 Å². The van der Waals surface area contributed by atoms with Gasteiger partial charge in [-0.25, -0.2) is 10.4 Å². The zero-order valence-electron chi connectivity index (χ0n) is 16.5. The van der Waals surface area contributed by atoms with Crippen LogP contribution in [-0.4, -0.2) is 16.1 Å². The highest BCUT2D eigenvalue weighted by atomic mass is 16.6. The topological polar surface area (TPSA) is 117 Å². The van der Waals surface area contributed by atoms with Crippen molar-refractivity contribution in [2.75, 3.05) is 5.43 Å². The van der Waals surface area contributed by atoms with E-state index in [1.165, 1.54) is 50.5 Å². The smallest absolute Gasteiger partial charge is 0.270 e. The number of hydrogen-bond donors (Lipinski definition) is 1. The summed E-state index contributed by atoms with van der Waals surface area (Å²) < 4.78 is 5.79. The first-order valence-electron chi connectivity index (χ1n) is 10.0. The average Bonchev–Trinajstić information content (AvgIpc) is 3.16. The predicted molar refractivity (Wildman–Crippen MR) is 110 cm³/mol. The molecule has 8 nitrogen and oxygen atoms in total. The van der Waals surface area contributed by atoms with Crippen LogP contribution in [0.3, 0.4) is 0 Å². The molecule has 1 aliphatic rings. The first-order valence-corrected chi connectivity index (χ1v) is 10.0. The van der Waals surface area contributed by atoms with Gasteiger partial charge < -0.3 is 4.42 Å². The minimum Gasteiger partial charge on any atom is -0.422 e. The molecule has 1 heterocycles. The maximum atomic E-state index is 10.8. The summed E-state index contributed by atoms with van der Waals surface area (Å²) >= 11 is 0. The van der Waals surface area contributed by atoms with Crippen LogP contribution in [0.5, 0.6) is 0 Å². The van der Waals surface area contributed by atoms with Gasteiger partial charge in [0.15, 0.2) is 0 Å². The molecule has 0 spiro atoms. The van der Waals surface area contributed by atoms with Crippen molar-refractivity contribution in [3.05, 3.63) is 51.5 Å². The number of hydrazone groups is 1. The van der Waals surface area contributed by atoms with Crippen LogP contribution in [-0.2, 0) is 0 Å². The quantitative estimate of drug-likeness (QED) is 0.365. The number of unbranched alkanes of at least 4 members (excludes halogenated alkanes) is 1. The van der Waals surface area contributed by atoms with Gasteiger partial charge in [-0.3, -0.25) is 10.1 Å². The Kier molecular flexibility index (Phi) is 6.95. The minimum atomic E-state index is -0.460. The summed E-state index contributed by atoms with van der Waals surface area (Å²) in [5, 5.41) is 24.2. The molecule has 0 unspecified atom stereocenters. The third-order valence-electron chi connectivity index (χ3n) is 5.37. The molecule has 1 fully saturated rings. The van der Waals surface area contributed by atoms with Crippen LogP contribution in [0.2, 0.25) is 0 Å². The Morgan fingerprint density at radius 1 is 1.41 bits per heavy atom. The first-order chi connectivity index (χ1) is 14.1. The number of rotatable bonds is 8. The number of nitro benzene ring substituents is 1. The number of nitrogens with zero attached hydrogens (tertiary/aromatic N) is 4. The van der Waals surface area contributed by atoms with E-state index in [2.05, 4.69) is 22.4 Å². The average molecular weight is 395 g/mol. The fourth-order valence-electron chi connectivity index (χ4n) is 3.74. The van der Waals surface area contributed by atoms with E-state index in [1.807, 2.05) is 6.07 Å². The molecule has 0 aliphatic heterocycles. The number of nitro groups is 1. The van der Waals surface area contributed by atoms with Gasteiger partial charge in [-0.15, -0.1) is 0 Å². The number of nitrogens with one attached hydrogen (secondary N) is 1. The molecule has 1 aromatic heterocycles. The molecule has 0 saturated heterocycles. The standard InChI is InChI=1S/C21H25N5O3/c1-2-3-5-15-8-10-17(11-9-15)20-24-19(13-22)21(29-20)25-23-14-16-6-4-7-18(12-16)26(27)28/h4,6-7,12,14-15,17,25H,2-3,5,8-11H2,1H3. The lowest BCUT2D eigenvalue weighted by molar-refractivity contribution is -0.384. The van der Waals surface area contributed by atoms with E-state index in [4.69, 9.17) is 4.42 Å². The Hall–Kier alpha value is -3.21. The lowest BCUT2D eigenvalue weighted by Gasteiger charge is -2.26. The van der Waals surface area contributed by atoms with Crippen molar-refractivity contribution in [2.45, 2.75) is 57.8 Å². The van der Waals surface area contributed by atoms with Crippen LogP contribution in [0.25, 0.3) is 0 Å². The molecule has 1 N–H and O–H groups in total. The van der Waals surface area contributed by atoms with Crippen LogP contribution in [0.1, 0.15) is 74.9 Å². The number of aromatic nitrogens is 1. The molecule has 29 heavy (non-hydrogen) atoms. The molecular weight excluding hydrogens is 370 g/mol. The van der Waals surface area contributed by atoms with Gasteiger partial charge in [0.25, 0.3) is 11.6 Å². The summed E-state index contributed by atoms with van der Waals surface area (Å²) in [6, 6.07) is 8.15. The van der Waals surface area contributed by atoms with E-state index in [-0.39, 0.29) is 23.2 Å². The summed E-state index contributed by atoms with van der Waals surface area (Å²) in [4.78, 5) is 14.7. The number of anilines is 1. The van der Waals surface area contributed by atoms with Crippen molar-refractivity contribution in [3.63, 3.8) is 0 Å². The summed E-state index contributed by atoms with van der Waals surface area (Å²) in [7, 11) is 0. The highest BCUT2D eigenvalue weighted by molar-refractivity contribution is 5.81. The Morgan fingerprint density at radius 3 is 2.90 bits per heavy atom. The molecule has 3 rings (SSSR count). The molecule has 8 heteroatoms. The lowest BCUT2D eigenvalue weighted by Crippen LogP contribution is -2.13. The Bertz CT molecular complexity index is 907. The summed E-state index contributed by atoms with van der Waals surface area (Å²) in [6.07, 6.45) is 9.63. The van der Waals surface area contributed by atoms with Crippen LogP contribution in [0, 0.1) is 27.4 Å². The van der Waals surface area contributed by atoms with Gasteiger partial charge in [-0.2, -0.15) is 10.4 Å². The van der Waals surface area contributed by atoms with Crippen molar-refractivity contribution >= 4 is 17.8 Å². The summed E-state index contributed by atoms with van der Waals surface area (Å²) in [5.74, 6) is 1.81. The normalized spacial score (nSPS) is 19.2. The van der Waals surface area contributed by atoms with Crippen molar-refractivity contribution in [1.29, 1.82) is 5.26 Å². The molecule has 1 aromatic carbocycles. The maximum Gasteiger partial charge on any atom is 0.270 e. The third kappa shape index (κ3) is 5.41. The molecule has 2 aromatic rings. The SMILES string of the molecule is CCCCC1CCC(c2nc(C#N)c(NN=Cc3cccc([N+](=O)[O-])c3)o2)CC1. The first kappa shape index (κ1) is 20.5. The van der Waals surface area contributed by atoms with Crippen LogP contribution in [0.15, 0.2) is 33.8 Å². The van der Waals surface area contributed by atoms with E-state index in [9.17, 15) is 15.4 Å². The van der Waals surface area contributed by atoms with E-state index in [0.717, 1.165) is 18.8 Å². The van der Waals surface area contributed by atoms with Crippen LogP contribution in [0.4, 0.5) is 11.6 Å². The van der Waals surface area contributed by atoms with Crippen LogP contribution < -0.4 is 5.43 Å². The van der Waals surface area contributed by atoms with Crippen molar-refractivity contribution < 1.29 is 9.34 Å². The fourth-order valence-corrected chi connectivity index (χ4v) is 3.74. The van der Waals surface area contributed by atoms with Crippen LogP contribution >= 0.6 is 0 Å². The van der Waals surface area contributed by atoms with Crippen molar-refractivity contribution in [2.24, 2.45) is 11.0 Å². The van der Waals surface area contributed by atoms with E-state index in [1.54, 1.807) is 12.1 Å². The number of hydrogen-bond acceptors (Lipinski definition) is 7. The highest BCUT2D eigenvalue weighted by Gasteiger charge is 2.27. The highest BCUT2D eigenvalue weighted by Crippen LogP contribution is 2.38. The molecule has 0 atom stereocenters. The van der Waals surface area contributed by atoms with E-state index < -0.39 is 4.92 Å². The van der Waals surface area contributed by atoms with Gasteiger partial charge in [0.1, 0.15) is 6.07 Å². The van der Waals surface area contributed by atoms with Gasteiger partial charge in [0.2, 0.25) is 11.6 Å².